The van der Waals surface area contributed by atoms with Crippen molar-refractivity contribution in [3.63, 3.8) is 0 Å². The molecule has 2 aromatic carbocycles. The van der Waals surface area contributed by atoms with Crippen LogP contribution in [0.2, 0.25) is 0 Å². The third kappa shape index (κ3) is 4.38. The smallest absolute Gasteiger partial charge is 0.321 e. The highest BCUT2D eigenvalue weighted by Crippen LogP contribution is 2.27. The van der Waals surface area contributed by atoms with Crippen LogP contribution in [0.3, 0.4) is 0 Å². The summed E-state index contributed by atoms with van der Waals surface area (Å²) in [4.78, 5) is 26.8. The minimum absolute atomic E-state index is 0.0998. The van der Waals surface area contributed by atoms with Crippen LogP contribution in [-0.4, -0.2) is 34.1 Å². The molecule has 1 fully saturated rings. The molecule has 0 radical (unpaired) electrons. The first-order valence-electron chi connectivity index (χ1n) is 10.4. The number of aromatic nitrogens is 3. The summed E-state index contributed by atoms with van der Waals surface area (Å²) in [5, 5.41) is 6.83. The molecule has 0 bridgehead atoms. The number of hydrogen-bond acceptors (Lipinski definition) is 6. The number of benzene rings is 2. The van der Waals surface area contributed by atoms with Crippen molar-refractivity contribution in [3.05, 3.63) is 78.2 Å². The highest BCUT2D eigenvalue weighted by Gasteiger charge is 2.21. The quantitative estimate of drug-likeness (QED) is 0.446. The number of carbonyl (C=O) groups excluding carboxylic acids is 1. The molecule has 1 saturated heterocycles. The Hall–Kier alpha value is -4.64. The van der Waals surface area contributed by atoms with E-state index >= 15 is 0 Å². The van der Waals surface area contributed by atoms with Gasteiger partial charge in [-0.2, -0.15) is 0 Å². The van der Waals surface area contributed by atoms with E-state index in [1.165, 1.54) is 0 Å². The second-order valence-corrected chi connectivity index (χ2v) is 7.45. The van der Waals surface area contributed by atoms with Gasteiger partial charge in [0.15, 0.2) is 0 Å². The summed E-state index contributed by atoms with van der Waals surface area (Å²) in [5.74, 6) is 3.66. The van der Waals surface area contributed by atoms with Crippen molar-refractivity contribution >= 4 is 34.3 Å². The lowest BCUT2D eigenvalue weighted by Gasteiger charge is -2.15. The van der Waals surface area contributed by atoms with Gasteiger partial charge in [0.05, 0.1) is 11.1 Å². The Kier molecular flexibility index (Phi) is 5.43. The Morgan fingerprint density at radius 3 is 2.91 bits per heavy atom. The molecule has 4 aromatic rings. The van der Waals surface area contributed by atoms with E-state index in [0.29, 0.717) is 42.5 Å². The van der Waals surface area contributed by atoms with Crippen LogP contribution in [0.1, 0.15) is 11.1 Å². The van der Waals surface area contributed by atoms with Crippen LogP contribution in [-0.2, 0) is 6.61 Å². The van der Waals surface area contributed by atoms with Gasteiger partial charge in [-0.25, -0.2) is 14.8 Å². The molecule has 2 amide bonds. The molecule has 8 nitrogen and oxygen atoms in total. The number of hydrogen-bond donors (Lipinski definition) is 2. The molecular weight excluding hydrogens is 416 g/mol. The van der Waals surface area contributed by atoms with Crippen LogP contribution in [0.25, 0.3) is 10.9 Å². The van der Waals surface area contributed by atoms with E-state index in [4.69, 9.17) is 11.2 Å². The number of nitrogens with one attached hydrogen (secondary N) is 2. The zero-order valence-corrected chi connectivity index (χ0v) is 17.7. The maximum Gasteiger partial charge on any atom is 0.321 e. The predicted octanol–water partition coefficient (Wildman–Crippen LogP) is 3.86. The monoisotopic (exact) mass is 436 g/mol. The van der Waals surface area contributed by atoms with Gasteiger partial charge in [-0.3, -0.25) is 9.88 Å². The van der Waals surface area contributed by atoms with Crippen LogP contribution < -0.4 is 20.3 Å². The first-order valence-corrected chi connectivity index (χ1v) is 10.4. The van der Waals surface area contributed by atoms with E-state index in [9.17, 15) is 4.79 Å². The largest absolute Gasteiger partial charge is 0.487 e. The average molecular weight is 436 g/mol. The molecule has 0 saturated carbocycles. The maximum atomic E-state index is 12.0. The van der Waals surface area contributed by atoms with Crippen molar-refractivity contribution in [2.45, 2.75) is 6.61 Å². The minimum atomic E-state index is -0.0998. The van der Waals surface area contributed by atoms with E-state index in [2.05, 4.69) is 31.5 Å². The van der Waals surface area contributed by atoms with Gasteiger partial charge in [-0.1, -0.05) is 18.1 Å². The Morgan fingerprint density at radius 1 is 1.18 bits per heavy atom. The van der Waals surface area contributed by atoms with Crippen molar-refractivity contribution in [2.75, 3.05) is 23.3 Å². The Morgan fingerprint density at radius 2 is 2.12 bits per heavy atom. The molecule has 0 atom stereocenters. The zero-order chi connectivity index (χ0) is 22.6. The normalized spacial score (nSPS) is 12.9. The van der Waals surface area contributed by atoms with Gasteiger partial charge in [0.1, 0.15) is 12.4 Å². The number of terminal acetylenes is 1. The van der Waals surface area contributed by atoms with Crippen LogP contribution in [0, 0.1) is 12.3 Å². The molecule has 2 aromatic heterocycles. The minimum Gasteiger partial charge on any atom is -0.487 e. The predicted molar refractivity (Wildman–Crippen MR) is 127 cm³/mol. The topological polar surface area (TPSA) is 92.3 Å². The molecular formula is C25H20N6O2. The van der Waals surface area contributed by atoms with E-state index in [-0.39, 0.29) is 6.03 Å². The van der Waals surface area contributed by atoms with E-state index in [1.807, 2.05) is 48.5 Å². The fourth-order valence-electron chi connectivity index (χ4n) is 3.60. The Labute approximate surface area is 190 Å². The van der Waals surface area contributed by atoms with Crippen LogP contribution in [0.5, 0.6) is 5.75 Å². The first kappa shape index (κ1) is 20.3. The lowest BCUT2D eigenvalue weighted by molar-refractivity contribution is 0.252. The fraction of sp³-hybridized carbons (Fsp3) is 0.120. The third-order valence-electron chi connectivity index (χ3n) is 5.22. The van der Waals surface area contributed by atoms with Gasteiger partial charge < -0.3 is 15.4 Å². The van der Waals surface area contributed by atoms with Crippen molar-refractivity contribution in [2.24, 2.45) is 0 Å². The van der Waals surface area contributed by atoms with Crippen molar-refractivity contribution in [3.8, 4) is 18.1 Å². The van der Waals surface area contributed by atoms with E-state index in [0.717, 1.165) is 22.3 Å². The average Bonchev–Trinajstić information content (AvgIpc) is 3.29. The summed E-state index contributed by atoms with van der Waals surface area (Å²) in [5.41, 5.74) is 3.85. The number of ether oxygens (including phenoxy) is 1. The molecule has 1 aliphatic rings. The van der Waals surface area contributed by atoms with Crippen LogP contribution in [0.4, 0.5) is 22.1 Å². The van der Waals surface area contributed by atoms with Gasteiger partial charge in [0.2, 0.25) is 5.95 Å². The van der Waals surface area contributed by atoms with E-state index in [1.54, 1.807) is 23.5 Å². The number of carbonyl (C=O) groups is 1. The summed E-state index contributed by atoms with van der Waals surface area (Å²) in [6.07, 6.45) is 10.9. The fourth-order valence-corrected chi connectivity index (χ4v) is 3.60. The first-order chi connectivity index (χ1) is 16.2. The number of nitrogens with zero attached hydrogens (tertiary/aromatic N) is 4. The molecule has 2 N–H and O–H groups in total. The highest BCUT2D eigenvalue weighted by atomic mass is 16.5. The standard InChI is InChI=1S/C25H20N6O2/c1-2-18-11-19-15-28-24(29-20-6-3-7-21(12-20)31-10-9-27-25(31)32)30-22(19)13-23(18)33-16-17-5-4-8-26-14-17/h1,3-8,11-15H,9-10,16H2,(H,27,32)(H,28,29,30). The Balaban J connectivity index is 1.39. The second-order valence-electron chi connectivity index (χ2n) is 7.45. The van der Waals surface area contributed by atoms with Gasteiger partial charge in [0.25, 0.3) is 0 Å². The summed E-state index contributed by atoms with van der Waals surface area (Å²) in [7, 11) is 0. The Bertz CT molecular complexity index is 1370. The molecule has 33 heavy (non-hydrogen) atoms. The maximum absolute atomic E-state index is 12.0. The third-order valence-corrected chi connectivity index (χ3v) is 5.22. The molecule has 8 heteroatoms. The second kappa shape index (κ2) is 8.85. The van der Waals surface area contributed by atoms with Crippen molar-refractivity contribution in [1.82, 2.24) is 20.3 Å². The molecule has 1 aliphatic heterocycles. The summed E-state index contributed by atoms with van der Waals surface area (Å²) >= 11 is 0. The van der Waals surface area contributed by atoms with Gasteiger partial charge in [-0.15, -0.1) is 6.42 Å². The van der Waals surface area contributed by atoms with Crippen LogP contribution in [0.15, 0.2) is 67.1 Å². The molecule has 162 valence electrons. The zero-order valence-electron chi connectivity index (χ0n) is 17.7. The lowest BCUT2D eigenvalue weighted by Crippen LogP contribution is -2.27. The molecule has 3 heterocycles. The lowest BCUT2D eigenvalue weighted by atomic mass is 10.1. The summed E-state index contributed by atoms with van der Waals surface area (Å²) in [6.45, 7) is 1.62. The van der Waals surface area contributed by atoms with Crippen molar-refractivity contribution < 1.29 is 9.53 Å². The number of amides is 2. The number of rotatable bonds is 6. The van der Waals surface area contributed by atoms with Gasteiger partial charge in [-0.05, 0) is 30.3 Å². The number of fused-ring (bicyclic) bond motifs is 1. The summed E-state index contributed by atoms with van der Waals surface area (Å²) < 4.78 is 5.96. The molecule has 0 spiro atoms. The van der Waals surface area contributed by atoms with Crippen LogP contribution >= 0.6 is 0 Å². The summed E-state index contributed by atoms with van der Waals surface area (Å²) in [6, 6.07) is 14.9. The van der Waals surface area contributed by atoms with Gasteiger partial charge in [0, 0.05) is 60.1 Å². The molecule has 5 rings (SSSR count). The molecule has 0 aliphatic carbocycles. The van der Waals surface area contributed by atoms with Gasteiger partial charge >= 0.3 is 6.03 Å². The number of anilines is 3. The SMILES string of the molecule is C#Cc1cc2cnc(Nc3cccc(N4CCNC4=O)c3)nc2cc1OCc1cccnc1. The van der Waals surface area contributed by atoms with E-state index < -0.39 is 0 Å². The highest BCUT2D eigenvalue weighted by molar-refractivity contribution is 5.94. The van der Waals surface area contributed by atoms with Crippen molar-refractivity contribution in [1.29, 1.82) is 0 Å². The number of urea groups is 1. The molecule has 0 unspecified atom stereocenters. The number of pyridine rings is 1.